The molecule has 0 saturated heterocycles. The minimum absolute atomic E-state index is 0. The van der Waals surface area contributed by atoms with Gasteiger partial charge in [0.05, 0.1) is 5.69 Å². The summed E-state index contributed by atoms with van der Waals surface area (Å²) in [5.41, 5.74) is 4.04. The lowest BCUT2D eigenvalue weighted by atomic mass is 10.0. The van der Waals surface area contributed by atoms with Gasteiger partial charge in [0.15, 0.2) is 5.96 Å². The Bertz CT molecular complexity index is 781. The van der Waals surface area contributed by atoms with Gasteiger partial charge in [0.1, 0.15) is 12.3 Å². The Morgan fingerprint density at radius 2 is 2.08 bits per heavy atom. The molecule has 1 fully saturated rings. The Labute approximate surface area is 172 Å². The number of halogens is 1. The van der Waals surface area contributed by atoms with Gasteiger partial charge in [0.25, 0.3) is 0 Å². The van der Waals surface area contributed by atoms with Crippen molar-refractivity contribution in [2.45, 2.75) is 39.7 Å². The van der Waals surface area contributed by atoms with E-state index in [1.807, 2.05) is 13.8 Å². The van der Waals surface area contributed by atoms with Crippen LogP contribution in [0.4, 0.5) is 0 Å². The number of nitrogens with one attached hydrogen (secondary N) is 2. The highest BCUT2D eigenvalue weighted by atomic mass is 127. The molecule has 140 valence electrons. The predicted octanol–water partition coefficient (Wildman–Crippen LogP) is 3.55. The predicted molar refractivity (Wildman–Crippen MR) is 114 cm³/mol. The van der Waals surface area contributed by atoms with Crippen molar-refractivity contribution in [3.05, 3.63) is 52.7 Å². The van der Waals surface area contributed by atoms with Crippen LogP contribution in [0.2, 0.25) is 0 Å². The molecule has 2 aliphatic carbocycles. The molecule has 0 amide bonds. The smallest absolute Gasteiger partial charge is 0.216 e. The summed E-state index contributed by atoms with van der Waals surface area (Å²) in [5, 5.41) is 6.81. The number of oxazole rings is 1. The second kappa shape index (κ2) is 7.98. The summed E-state index contributed by atoms with van der Waals surface area (Å²) in [6.45, 7) is 8.25. The lowest BCUT2D eigenvalue weighted by Crippen LogP contribution is -2.38. The Hall–Kier alpha value is -1.57. The quantitative estimate of drug-likeness (QED) is 0.402. The molecule has 0 bridgehead atoms. The average molecular weight is 466 g/mol. The maximum Gasteiger partial charge on any atom is 0.216 e. The molecule has 5 nitrogen and oxygen atoms in total. The lowest BCUT2D eigenvalue weighted by Gasteiger charge is -2.12. The van der Waals surface area contributed by atoms with Gasteiger partial charge in [-0.15, -0.1) is 24.0 Å². The van der Waals surface area contributed by atoms with Crippen LogP contribution >= 0.6 is 24.0 Å². The standard InChI is InChI=1S/C20H26N4O.HI/c1-4-21-20(23-11-18-24-12(2)13(3)25-18)22-10-17-16-9-14-7-5-6-8-15(14)19(16)17;/h5-8,16-17,19H,4,9-11H2,1-3H3,(H2,21,22,23);1H. The fourth-order valence-corrected chi connectivity index (χ4v) is 4.07. The molecular formula is C20H27IN4O. The van der Waals surface area contributed by atoms with Gasteiger partial charge in [-0.25, -0.2) is 9.98 Å². The van der Waals surface area contributed by atoms with Gasteiger partial charge >= 0.3 is 0 Å². The van der Waals surface area contributed by atoms with Crippen molar-refractivity contribution in [2.24, 2.45) is 16.8 Å². The third-order valence-corrected chi connectivity index (χ3v) is 5.50. The first kappa shape index (κ1) is 19.2. The Morgan fingerprint density at radius 3 is 2.81 bits per heavy atom. The van der Waals surface area contributed by atoms with Crippen LogP contribution in [0.3, 0.4) is 0 Å². The van der Waals surface area contributed by atoms with Crippen LogP contribution in [-0.4, -0.2) is 24.0 Å². The number of aliphatic imine (C=N–C) groups is 1. The fraction of sp³-hybridized carbons (Fsp3) is 0.500. The Kier molecular flexibility index (Phi) is 5.89. The third kappa shape index (κ3) is 3.75. The minimum atomic E-state index is 0. The fourth-order valence-electron chi connectivity index (χ4n) is 4.07. The molecule has 0 radical (unpaired) electrons. The number of aryl methyl sites for hydroxylation is 2. The zero-order chi connectivity index (χ0) is 17.4. The van der Waals surface area contributed by atoms with Gasteiger partial charge in [-0.05, 0) is 56.1 Å². The summed E-state index contributed by atoms with van der Waals surface area (Å²) < 4.78 is 5.61. The van der Waals surface area contributed by atoms with E-state index >= 15 is 0 Å². The molecule has 3 atom stereocenters. The van der Waals surface area contributed by atoms with Crippen LogP contribution in [0.5, 0.6) is 0 Å². The zero-order valence-corrected chi connectivity index (χ0v) is 17.9. The number of hydrogen-bond donors (Lipinski definition) is 2. The van der Waals surface area contributed by atoms with Crippen LogP contribution in [0.15, 0.2) is 33.7 Å². The van der Waals surface area contributed by atoms with E-state index in [0.29, 0.717) is 12.4 Å². The summed E-state index contributed by atoms with van der Waals surface area (Å²) in [6, 6.07) is 8.89. The summed E-state index contributed by atoms with van der Waals surface area (Å²) in [6.07, 6.45) is 1.23. The SMILES string of the molecule is CCNC(=NCc1nc(C)c(C)o1)NCC1C2Cc3ccccc3C12.I. The van der Waals surface area contributed by atoms with Crippen molar-refractivity contribution in [3.63, 3.8) is 0 Å². The highest BCUT2D eigenvalue weighted by Gasteiger charge is 2.54. The molecular weight excluding hydrogens is 439 g/mol. The van der Waals surface area contributed by atoms with Gasteiger partial charge in [-0.1, -0.05) is 24.3 Å². The summed E-state index contributed by atoms with van der Waals surface area (Å²) in [4.78, 5) is 9.01. The van der Waals surface area contributed by atoms with Crippen LogP contribution in [0, 0.1) is 25.7 Å². The molecule has 2 N–H and O–H groups in total. The van der Waals surface area contributed by atoms with Gasteiger partial charge in [-0.2, -0.15) is 0 Å². The summed E-state index contributed by atoms with van der Waals surface area (Å²) in [7, 11) is 0. The van der Waals surface area contributed by atoms with Gasteiger partial charge in [0, 0.05) is 13.1 Å². The van der Waals surface area contributed by atoms with E-state index in [0.717, 1.165) is 48.3 Å². The molecule has 3 unspecified atom stereocenters. The van der Waals surface area contributed by atoms with E-state index in [1.54, 1.807) is 11.1 Å². The Balaban J connectivity index is 0.00000196. The van der Waals surface area contributed by atoms with E-state index < -0.39 is 0 Å². The van der Waals surface area contributed by atoms with Crippen molar-refractivity contribution in [3.8, 4) is 0 Å². The molecule has 1 heterocycles. The van der Waals surface area contributed by atoms with Crippen LogP contribution in [-0.2, 0) is 13.0 Å². The number of rotatable bonds is 5. The maximum absolute atomic E-state index is 5.61. The average Bonchev–Trinajstić information content (AvgIpc) is 2.97. The molecule has 1 saturated carbocycles. The van der Waals surface area contributed by atoms with Crippen LogP contribution < -0.4 is 10.6 Å². The molecule has 1 aromatic carbocycles. The monoisotopic (exact) mass is 466 g/mol. The minimum Gasteiger partial charge on any atom is -0.444 e. The maximum atomic E-state index is 5.61. The lowest BCUT2D eigenvalue weighted by molar-refractivity contribution is 0.472. The second-order valence-electron chi connectivity index (χ2n) is 7.08. The molecule has 2 aromatic rings. The third-order valence-electron chi connectivity index (χ3n) is 5.50. The highest BCUT2D eigenvalue weighted by molar-refractivity contribution is 14.0. The zero-order valence-electron chi connectivity index (χ0n) is 15.6. The van der Waals surface area contributed by atoms with Crippen molar-refractivity contribution in [2.75, 3.05) is 13.1 Å². The van der Waals surface area contributed by atoms with Gasteiger partial charge in [-0.3, -0.25) is 0 Å². The number of fused-ring (bicyclic) bond motifs is 3. The van der Waals surface area contributed by atoms with Crippen LogP contribution in [0.1, 0.15) is 41.3 Å². The van der Waals surface area contributed by atoms with Crippen molar-refractivity contribution < 1.29 is 4.42 Å². The van der Waals surface area contributed by atoms with Gasteiger partial charge < -0.3 is 15.1 Å². The van der Waals surface area contributed by atoms with E-state index in [1.165, 1.54) is 6.42 Å². The first-order chi connectivity index (χ1) is 12.2. The Morgan fingerprint density at radius 1 is 1.27 bits per heavy atom. The normalized spacial score (nSPS) is 23.0. The van der Waals surface area contributed by atoms with Crippen LogP contribution in [0.25, 0.3) is 0 Å². The summed E-state index contributed by atoms with van der Waals surface area (Å²) >= 11 is 0. The van der Waals surface area contributed by atoms with E-state index in [9.17, 15) is 0 Å². The molecule has 26 heavy (non-hydrogen) atoms. The molecule has 4 rings (SSSR count). The van der Waals surface area contributed by atoms with E-state index in [4.69, 9.17) is 4.42 Å². The van der Waals surface area contributed by atoms with E-state index in [-0.39, 0.29) is 24.0 Å². The number of hydrogen-bond acceptors (Lipinski definition) is 3. The number of nitrogens with zero attached hydrogens (tertiary/aromatic N) is 2. The molecule has 6 heteroatoms. The van der Waals surface area contributed by atoms with Crippen molar-refractivity contribution in [1.82, 2.24) is 15.6 Å². The molecule has 0 spiro atoms. The van der Waals surface area contributed by atoms with Crippen molar-refractivity contribution in [1.29, 1.82) is 0 Å². The van der Waals surface area contributed by atoms with Gasteiger partial charge in [0.2, 0.25) is 5.89 Å². The largest absolute Gasteiger partial charge is 0.444 e. The summed E-state index contributed by atoms with van der Waals surface area (Å²) in [5.74, 6) is 4.66. The molecule has 1 aromatic heterocycles. The van der Waals surface area contributed by atoms with E-state index in [2.05, 4.69) is 51.8 Å². The number of benzene rings is 1. The first-order valence-electron chi connectivity index (χ1n) is 9.20. The molecule has 0 aliphatic heterocycles. The second-order valence-corrected chi connectivity index (χ2v) is 7.08. The topological polar surface area (TPSA) is 62.5 Å². The number of guanidine groups is 1. The molecule has 2 aliphatic rings. The van der Waals surface area contributed by atoms with Crippen molar-refractivity contribution >= 4 is 29.9 Å². The number of aromatic nitrogens is 1. The highest BCUT2D eigenvalue weighted by Crippen LogP contribution is 2.60. The first-order valence-corrected chi connectivity index (χ1v) is 9.20.